The Morgan fingerprint density at radius 3 is 2.09 bits per heavy atom. The molecule has 0 aliphatic carbocycles. The molecule has 0 aliphatic rings. The van der Waals surface area contributed by atoms with E-state index in [4.69, 9.17) is 13.9 Å². The third-order valence-corrected chi connectivity index (χ3v) is 10.5. The quantitative estimate of drug-likeness (QED) is 0.102. The van der Waals surface area contributed by atoms with Crippen molar-refractivity contribution in [3.63, 3.8) is 0 Å². The Bertz CT molecular complexity index is 827. The molecule has 0 amide bonds. The van der Waals surface area contributed by atoms with Crippen LogP contribution >= 0.6 is 0 Å². The lowest BCUT2D eigenvalue weighted by molar-refractivity contribution is -0.174. The number of hydrogen-bond donors (Lipinski definition) is 0. The molecule has 1 aromatic carbocycles. The van der Waals surface area contributed by atoms with Gasteiger partial charge in [0, 0.05) is 0 Å². The van der Waals surface area contributed by atoms with E-state index in [1.807, 2.05) is 64.2 Å². The van der Waals surface area contributed by atoms with Crippen LogP contribution in [0.15, 0.2) is 42.5 Å². The van der Waals surface area contributed by atoms with Gasteiger partial charge in [0.1, 0.15) is 0 Å². The van der Waals surface area contributed by atoms with Crippen molar-refractivity contribution in [1.82, 2.24) is 0 Å². The molecule has 0 saturated heterocycles. The highest BCUT2D eigenvalue weighted by atomic mass is 28.4. The maximum atomic E-state index is 13.1. The summed E-state index contributed by atoms with van der Waals surface area (Å²) in [5.41, 5.74) is -0.245. The van der Waals surface area contributed by atoms with Crippen LogP contribution in [0.25, 0.3) is 0 Å². The van der Waals surface area contributed by atoms with Crippen LogP contribution in [0.4, 0.5) is 0 Å². The van der Waals surface area contributed by atoms with Gasteiger partial charge in [0.05, 0.1) is 27.4 Å². The van der Waals surface area contributed by atoms with Crippen molar-refractivity contribution in [2.45, 2.75) is 70.4 Å². The number of methoxy groups -OCH3 is 2. The molecular weight excluding hydrogens is 440 g/mol. The number of rotatable bonds is 13. The van der Waals surface area contributed by atoms with Crippen molar-refractivity contribution in [1.29, 1.82) is 0 Å². The van der Waals surface area contributed by atoms with Crippen LogP contribution in [-0.2, 0) is 39.6 Å². The average Bonchev–Trinajstić information content (AvgIpc) is 2.77. The minimum absolute atomic E-state index is 0.0718. The van der Waals surface area contributed by atoms with E-state index in [0.29, 0.717) is 19.6 Å². The second kappa shape index (κ2) is 12.2. The first-order valence-corrected chi connectivity index (χ1v) is 13.9. The molecule has 1 aromatic rings. The summed E-state index contributed by atoms with van der Waals surface area (Å²) >= 11 is 0. The molecule has 0 saturated carbocycles. The molecule has 7 nitrogen and oxygen atoms in total. The second-order valence-electron chi connectivity index (χ2n) is 9.54. The number of carbonyl (C=O) groups is 3. The lowest BCUT2D eigenvalue weighted by Gasteiger charge is -2.43. The lowest BCUT2D eigenvalue weighted by Crippen LogP contribution is -2.60. The minimum atomic E-state index is -2.67. The van der Waals surface area contributed by atoms with Gasteiger partial charge in [-0.05, 0) is 43.0 Å². The van der Waals surface area contributed by atoms with E-state index in [1.54, 1.807) is 0 Å². The fourth-order valence-electron chi connectivity index (χ4n) is 2.92. The number of benzene rings is 1. The number of hydrogen-bond acceptors (Lipinski definition) is 7. The Kier molecular flexibility index (Phi) is 10.7. The fraction of sp³-hybridized carbons (Fsp3) is 0.560. The molecule has 0 bridgehead atoms. The van der Waals surface area contributed by atoms with Crippen molar-refractivity contribution >= 4 is 26.0 Å². The highest BCUT2D eigenvalue weighted by Gasteiger charge is 2.56. The van der Waals surface area contributed by atoms with Gasteiger partial charge in [0.25, 0.3) is 5.78 Å². The van der Waals surface area contributed by atoms with Gasteiger partial charge in [-0.2, -0.15) is 0 Å². The Morgan fingerprint density at radius 1 is 0.970 bits per heavy atom. The highest BCUT2D eigenvalue weighted by Crippen LogP contribution is 2.41. The molecule has 0 radical (unpaired) electrons. The maximum Gasteiger partial charge on any atom is 0.378 e. The first-order chi connectivity index (χ1) is 15.3. The molecule has 1 rings (SSSR count). The monoisotopic (exact) mass is 478 g/mol. The highest BCUT2D eigenvalue weighted by molar-refractivity contribution is 6.74. The first-order valence-electron chi connectivity index (χ1n) is 11.0. The fourth-order valence-corrected chi connectivity index (χ4v) is 4.37. The van der Waals surface area contributed by atoms with Crippen molar-refractivity contribution in [3.8, 4) is 0 Å². The molecule has 0 spiro atoms. The molecule has 184 valence electrons. The number of ether oxygens (including phenoxy) is 3. The van der Waals surface area contributed by atoms with Crippen molar-refractivity contribution in [3.05, 3.63) is 48.0 Å². The van der Waals surface area contributed by atoms with Crippen LogP contribution < -0.4 is 0 Å². The smallest absolute Gasteiger partial charge is 0.378 e. The zero-order chi connectivity index (χ0) is 25.3. The van der Waals surface area contributed by atoms with E-state index in [-0.39, 0.29) is 17.9 Å². The van der Waals surface area contributed by atoms with Crippen LogP contribution in [0.1, 0.15) is 45.6 Å². The summed E-state index contributed by atoms with van der Waals surface area (Å²) < 4.78 is 21.6. The third-order valence-electron chi connectivity index (χ3n) is 6.03. The Labute approximate surface area is 198 Å². The number of carbonyl (C=O) groups excluding carboxylic acids is 3. The Hall–Kier alpha value is -2.29. The minimum Gasteiger partial charge on any atom is -0.467 e. The van der Waals surface area contributed by atoms with Gasteiger partial charge in [0.2, 0.25) is 5.60 Å². The van der Waals surface area contributed by atoms with E-state index in [2.05, 4.69) is 11.3 Å². The summed E-state index contributed by atoms with van der Waals surface area (Å²) in [7, 11) is -0.401. The molecule has 0 heterocycles. The van der Waals surface area contributed by atoms with Crippen LogP contribution in [0.2, 0.25) is 18.1 Å². The van der Waals surface area contributed by atoms with Crippen LogP contribution in [0.3, 0.4) is 0 Å². The Morgan fingerprint density at radius 2 is 1.58 bits per heavy atom. The van der Waals surface area contributed by atoms with E-state index >= 15 is 0 Å². The third kappa shape index (κ3) is 7.91. The number of ketones is 1. The molecule has 0 N–H and O–H groups in total. The summed E-state index contributed by atoms with van der Waals surface area (Å²) in [6, 6.07) is 9.81. The molecule has 0 unspecified atom stereocenters. The van der Waals surface area contributed by atoms with Gasteiger partial charge < -0.3 is 18.6 Å². The van der Waals surface area contributed by atoms with Crippen LogP contribution in [-0.4, -0.2) is 52.5 Å². The van der Waals surface area contributed by atoms with Gasteiger partial charge in [-0.1, -0.05) is 63.3 Å². The van der Waals surface area contributed by atoms with Gasteiger partial charge >= 0.3 is 11.9 Å². The summed E-state index contributed by atoms with van der Waals surface area (Å²) in [6.07, 6.45) is 0.745. The van der Waals surface area contributed by atoms with E-state index in [1.165, 1.54) is 7.11 Å². The molecular formula is C25H38O7Si. The lowest BCUT2D eigenvalue weighted by atomic mass is 9.90. The summed E-state index contributed by atoms with van der Waals surface area (Å²) in [5, 5.41) is -0.315. The SMILES string of the molecule is C=C(CCOCc1ccccc1)CC[C@](O[Si](C)(C)C(C)(C)C)(C(=O)OC)C(=O)C(=O)OC. The molecule has 0 fully saturated rings. The standard InChI is InChI=1S/C25H38O7Si/c1-19(15-17-31-18-20-12-10-9-11-13-20)14-16-25(23(28)30-6,21(26)22(27)29-5)32-33(7,8)24(2,3)4/h9-13H,1,14-18H2,2-8H3/t25-/m1/s1. The van der Waals surface area contributed by atoms with Crippen LogP contribution in [0, 0.1) is 0 Å². The maximum absolute atomic E-state index is 13.1. The van der Waals surface area contributed by atoms with Gasteiger partial charge in [-0.3, -0.25) is 4.79 Å². The second-order valence-corrected chi connectivity index (χ2v) is 14.3. The van der Waals surface area contributed by atoms with Crippen molar-refractivity contribution < 1.29 is 33.0 Å². The first kappa shape index (κ1) is 28.7. The zero-order valence-electron chi connectivity index (χ0n) is 21.0. The topological polar surface area (TPSA) is 88.1 Å². The molecule has 1 atom stereocenters. The van der Waals surface area contributed by atoms with Crippen molar-refractivity contribution in [2.75, 3.05) is 20.8 Å². The summed E-state index contributed by atoms with van der Waals surface area (Å²) in [4.78, 5) is 38.2. The zero-order valence-corrected chi connectivity index (χ0v) is 22.0. The summed E-state index contributed by atoms with van der Waals surface area (Å²) in [6.45, 7) is 14.7. The normalized spacial score (nSPS) is 13.7. The predicted octanol–water partition coefficient (Wildman–Crippen LogP) is 4.61. The van der Waals surface area contributed by atoms with Gasteiger partial charge in [0.15, 0.2) is 8.32 Å². The van der Waals surface area contributed by atoms with E-state index < -0.39 is 31.6 Å². The number of esters is 2. The average molecular weight is 479 g/mol. The van der Waals surface area contributed by atoms with Gasteiger partial charge in [-0.15, -0.1) is 0 Å². The van der Waals surface area contributed by atoms with Gasteiger partial charge in [-0.25, -0.2) is 9.59 Å². The predicted molar refractivity (Wildman–Crippen MR) is 129 cm³/mol. The molecule has 8 heteroatoms. The van der Waals surface area contributed by atoms with E-state index in [9.17, 15) is 14.4 Å². The summed E-state index contributed by atoms with van der Waals surface area (Å²) in [5.74, 6) is -3.11. The molecule has 0 aliphatic heterocycles. The Balaban J connectivity index is 2.98. The van der Waals surface area contributed by atoms with Crippen LogP contribution in [0.5, 0.6) is 0 Å². The largest absolute Gasteiger partial charge is 0.467 e. The van der Waals surface area contributed by atoms with Crippen molar-refractivity contribution in [2.24, 2.45) is 0 Å². The molecule has 0 aromatic heterocycles. The van der Waals surface area contributed by atoms with E-state index in [0.717, 1.165) is 18.2 Å². The number of Topliss-reactive ketones (excluding diaryl/α,β-unsaturated/α-hetero) is 1. The molecule has 33 heavy (non-hydrogen) atoms.